The molecule has 6 nitrogen and oxygen atoms in total. The van der Waals surface area contributed by atoms with Crippen molar-refractivity contribution in [3.05, 3.63) is 34.8 Å². The topological polar surface area (TPSA) is 76.1 Å². The molecule has 0 radical (unpaired) electrons. The fraction of sp³-hybridized carbons (Fsp3) is 0.250. The van der Waals surface area contributed by atoms with Crippen LogP contribution in [0.5, 0.6) is 5.75 Å². The Morgan fingerprint density at radius 2 is 2.26 bits per heavy atom. The lowest BCUT2D eigenvalue weighted by atomic mass is 10.2. The predicted octanol–water partition coefficient (Wildman–Crippen LogP) is 1.52. The molecular weight excluding hydrogens is 264 g/mol. The number of carbonyl (C=O) groups excluding carboxylic acids is 1. The molecule has 0 aliphatic carbocycles. The van der Waals surface area contributed by atoms with E-state index >= 15 is 0 Å². The van der Waals surface area contributed by atoms with E-state index in [2.05, 4.69) is 20.8 Å². The smallest absolute Gasteiger partial charge is 0.282 e. The van der Waals surface area contributed by atoms with Gasteiger partial charge in [0.15, 0.2) is 0 Å². The van der Waals surface area contributed by atoms with Gasteiger partial charge >= 0.3 is 0 Å². The molecule has 0 unspecified atom stereocenters. The molecular formula is C12H14N4O2S. The van der Waals surface area contributed by atoms with Crippen LogP contribution in [0.2, 0.25) is 0 Å². The van der Waals surface area contributed by atoms with E-state index in [9.17, 15) is 4.79 Å². The third-order valence-corrected chi connectivity index (χ3v) is 3.36. The van der Waals surface area contributed by atoms with Crippen LogP contribution in [0.4, 0.5) is 5.13 Å². The Balaban J connectivity index is 1.96. The molecule has 0 aliphatic rings. The molecule has 0 saturated heterocycles. The van der Waals surface area contributed by atoms with E-state index in [0.717, 1.165) is 11.3 Å². The van der Waals surface area contributed by atoms with Crippen LogP contribution >= 0.6 is 11.3 Å². The van der Waals surface area contributed by atoms with Gasteiger partial charge in [-0.3, -0.25) is 4.79 Å². The number of nitrogens with zero attached hydrogens (tertiary/aromatic N) is 2. The fourth-order valence-electron chi connectivity index (χ4n) is 1.46. The van der Waals surface area contributed by atoms with Gasteiger partial charge in [0, 0.05) is 13.6 Å². The van der Waals surface area contributed by atoms with Crippen molar-refractivity contribution < 1.29 is 9.53 Å². The summed E-state index contributed by atoms with van der Waals surface area (Å²) in [5, 5.41) is 14.2. The minimum atomic E-state index is -0.234. The van der Waals surface area contributed by atoms with Crippen LogP contribution in [0.1, 0.15) is 15.4 Å². The molecule has 0 saturated carbocycles. The lowest BCUT2D eigenvalue weighted by molar-refractivity contribution is 0.0950. The molecule has 0 bridgehead atoms. The molecule has 0 spiro atoms. The number of aromatic nitrogens is 2. The monoisotopic (exact) mass is 278 g/mol. The maximum Gasteiger partial charge on any atom is 0.282 e. The zero-order valence-corrected chi connectivity index (χ0v) is 11.5. The number of ether oxygens (including phenoxy) is 1. The lowest BCUT2D eigenvalue weighted by Crippen LogP contribution is -2.22. The highest BCUT2D eigenvalue weighted by Gasteiger charge is 2.11. The summed E-state index contributed by atoms with van der Waals surface area (Å²) in [4.78, 5) is 11.8. The maximum atomic E-state index is 11.8. The Morgan fingerprint density at radius 1 is 1.42 bits per heavy atom. The second-order valence-electron chi connectivity index (χ2n) is 3.70. The second-order valence-corrected chi connectivity index (χ2v) is 4.67. The summed E-state index contributed by atoms with van der Waals surface area (Å²) in [5.41, 5.74) is 0.964. The molecule has 1 aromatic heterocycles. The predicted molar refractivity (Wildman–Crippen MR) is 73.6 cm³/mol. The van der Waals surface area contributed by atoms with E-state index in [0.29, 0.717) is 16.7 Å². The summed E-state index contributed by atoms with van der Waals surface area (Å²) in [6.45, 7) is 0.421. The Kier molecular flexibility index (Phi) is 4.30. The van der Waals surface area contributed by atoms with Crippen LogP contribution in [0.25, 0.3) is 0 Å². The zero-order valence-electron chi connectivity index (χ0n) is 10.6. The van der Waals surface area contributed by atoms with Gasteiger partial charge in [0.1, 0.15) is 5.75 Å². The fourth-order valence-corrected chi connectivity index (χ4v) is 2.07. The molecule has 1 amide bonds. The Hall–Kier alpha value is -2.15. The first-order valence-corrected chi connectivity index (χ1v) is 6.47. The summed E-state index contributed by atoms with van der Waals surface area (Å²) in [6.07, 6.45) is 0. The van der Waals surface area contributed by atoms with Crippen LogP contribution in [0, 0.1) is 0 Å². The average Bonchev–Trinajstić information content (AvgIpc) is 2.94. The number of methoxy groups -OCH3 is 1. The normalized spacial score (nSPS) is 10.0. The zero-order chi connectivity index (χ0) is 13.7. The summed E-state index contributed by atoms with van der Waals surface area (Å²) >= 11 is 1.21. The van der Waals surface area contributed by atoms with Crippen LogP contribution in [-0.4, -0.2) is 30.3 Å². The molecule has 2 rings (SSSR count). The van der Waals surface area contributed by atoms with Crippen LogP contribution in [-0.2, 0) is 6.54 Å². The van der Waals surface area contributed by atoms with Gasteiger partial charge in [-0.2, -0.15) is 0 Å². The van der Waals surface area contributed by atoms with E-state index in [1.165, 1.54) is 11.3 Å². The van der Waals surface area contributed by atoms with Crippen molar-refractivity contribution in [3.8, 4) is 5.75 Å². The van der Waals surface area contributed by atoms with Crippen molar-refractivity contribution >= 4 is 22.4 Å². The van der Waals surface area contributed by atoms with E-state index in [4.69, 9.17) is 4.74 Å². The van der Waals surface area contributed by atoms with Crippen molar-refractivity contribution in [3.63, 3.8) is 0 Å². The first-order chi connectivity index (χ1) is 9.22. The molecule has 0 aliphatic heterocycles. The molecule has 0 fully saturated rings. The van der Waals surface area contributed by atoms with Gasteiger partial charge in [-0.15, -0.1) is 10.2 Å². The number of hydrogen-bond acceptors (Lipinski definition) is 6. The minimum Gasteiger partial charge on any atom is -0.497 e. The van der Waals surface area contributed by atoms with Crippen LogP contribution in [0.15, 0.2) is 24.3 Å². The Labute approximate surface area is 114 Å². The molecule has 2 aromatic rings. The van der Waals surface area contributed by atoms with Gasteiger partial charge in [-0.1, -0.05) is 23.5 Å². The number of nitrogens with one attached hydrogen (secondary N) is 2. The first kappa shape index (κ1) is 13.3. The van der Waals surface area contributed by atoms with Crippen LogP contribution < -0.4 is 15.4 Å². The first-order valence-electron chi connectivity index (χ1n) is 5.65. The van der Waals surface area contributed by atoms with Crippen molar-refractivity contribution in [1.82, 2.24) is 15.5 Å². The van der Waals surface area contributed by atoms with E-state index in [-0.39, 0.29) is 5.91 Å². The molecule has 1 heterocycles. The molecule has 1 aromatic carbocycles. The minimum absolute atomic E-state index is 0.234. The highest BCUT2D eigenvalue weighted by atomic mass is 32.1. The second kappa shape index (κ2) is 6.14. The van der Waals surface area contributed by atoms with Gasteiger partial charge in [0.2, 0.25) is 10.1 Å². The number of carbonyl (C=O) groups is 1. The molecule has 100 valence electrons. The molecule has 7 heteroatoms. The average molecular weight is 278 g/mol. The van der Waals surface area contributed by atoms with Crippen molar-refractivity contribution in [2.24, 2.45) is 0 Å². The maximum absolute atomic E-state index is 11.8. The lowest BCUT2D eigenvalue weighted by Gasteiger charge is -2.05. The third kappa shape index (κ3) is 3.41. The van der Waals surface area contributed by atoms with Gasteiger partial charge in [-0.05, 0) is 17.7 Å². The Morgan fingerprint density at radius 3 is 2.95 bits per heavy atom. The number of rotatable bonds is 5. The Bertz CT molecular complexity index is 570. The molecule has 19 heavy (non-hydrogen) atoms. The third-order valence-electron chi connectivity index (χ3n) is 2.42. The number of hydrogen-bond donors (Lipinski definition) is 2. The van der Waals surface area contributed by atoms with Gasteiger partial charge in [0.05, 0.1) is 7.11 Å². The number of amides is 1. The van der Waals surface area contributed by atoms with Crippen molar-refractivity contribution in [1.29, 1.82) is 0 Å². The summed E-state index contributed by atoms with van der Waals surface area (Å²) in [7, 11) is 3.34. The standard InChI is InChI=1S/C12H14N4O2S/c1-13-12-16-15-11(19-12)10(17)14-7-8-4-3-5-9(6-8)18-2/h3-6H,7H2,1-2H3,(H,13,16)(H,14,17). The van der Waals surface area contributed by atoms with E-state index in [1.807, 2.05) is 24.3 Å². The van der Waals surface area contributed by atoms with Gasteiger partial charge < -0.3 is 15.4 Å². The largest absolute Gasteiger partial charge is 0.497 e. The molecule has 2 N–H and O–H groups in total. The number of anilines is 1. The van der Waals surface area contributed by atoms with Gasteiger partial charge in [0.25, 0.3) is 5.91 Å². The highest BCUT2D eigenvalue weighted by Crippen LogP contribution is 2.15. The van der Waals surface area contributed by atoms with E-state index in [1.54, 1.807) is 14.2 Å². The highest BCUT2D eigenvalue weighted by molar-refractivity contribution is 7.17. The summed E-state index contributed by atoms with van der Waals surface area (Å²) < 4.78 is 5.12. The van der Waals surface area contributed by atoms with Gasteiger partial charge in [-0.25, -0.2) is 0 Å². The van der Waals surface area contributed by atoms with Crippen molar-refractivity contribution in [2.45, 2.75) is 6.54 Å². The van der Waals surface area contributed by atoms with E-state index < -0.39 is 0 Å². The summed E-state index contributed by atoms with van der Waals surface area (Å²) in [5.74, 6) is 0.530. The SMILES string of the molecule is CNc1nnc(C(=O)NCc2cccc(OC)c2)s1. The number of benzene rings is 1. The quantitative estimate of drug-likeness (QED) is 0.867. The van der Waals surface area contributed by atoms with Crippen molar-refractivity contribution in [2.75, 3.05) is 19.5 Å². The van der Waals surface area contributed by atoms with Crippen LogP contribution in [0.3, 0.4) is 0 Å². The molecule has 0 atom stereocenters. The summed E-state index contributed by atoms with van der Waals surface area (Å²) in [6, 6.07) is 7.53.